The maximum absolute atomic E-state index is 5.50. The third-order valence-corrected chi connectivity index (χ3v) is 1.97. The fourth-order valence-corrected chi connectivity index (χ4v) is 1.15. The molecule has 0 aliphatic heterocycles. The van der Waals surface area contributed by atoms with Crippen molar-refractivity contribution in [2.24, 2.45) is 0 Å². The number of hydrogen-bond acceptors (Lipinski definition) is 4. The smallest absolute Gasteiger partial charge is 0.219 e. The van der Waals surface area contributed by atoms with Crippen molar-refractivity contribution >= 4 is 0 Å². The Balaban J connectivity index is 2.38. The number of rotatable bonds is 4. The van der Waals surface area contributed by atoms with Crippen LogP contribution in [0.3, 0.4) is 0 Å². The Bertz CT molecular complexity index is 299. The van der Waals surface area contributed by atoms with E-state index in [1.165, 1.54) is 0 Å². The van der Waals surface area contributed by atoms with Gasteiger partial charge in [0.1, 0.15) is 0 Å². The summed E-state index contributed by atoms with van der Waals surface area (Å²) < 4.78 is 5.50. The van der Waals surface area contributed by atoms with E-state index in [0.29, 0.717) is 5.92 Å². The van der Waals surface area contributed by atoms with Gasteiger partial charge in [0.05, 0.1) is 0 Å². The third-order valence-electron chi connectivity index (χ3n) is 1.97. The van der Waals surface area contributed by atoms with Gasteiger partial charge in [-0.25, -0.2) is 0 Å². The predicted octanol–water partition coefficient (Wildman–Crippen LogP) is 2.12. The first-order chi connectivity index (χ1) is 6.88. The summed E-state index contributed by atoms with van der Waals surface area (Å²) in [6, 6.07) is 0. The van der Waals surface area contributed by atoms with Crippen molar-refractivity contribution in [2.75, 3.05) is 6.54 Å². The van der Waals surface area contributed by atoms with E-state index in [1.54, 1.807) is 0 Å². The molecular formula is C11H21N3O. The highest BCUT2D eigenvalue weighted by atomic mass is 16.4. The highest BCUT2D eigenvalue weighted by Crippen LogP contribution is 2.12. The van der Waals surface area contributed by atoms with Crippen LogP contribution in [0.4, 0.5) is 0 Å². The van der Waals surface area contributed by atoms with Crippen molar-refractivity contribution in [2.45, 2.75) is 52.5 Å². The summed E-state index contributed by atoms with van der Waals surface area (Å²) >= 11 is 0. The average Bonchev–Trinajstić information content (AvgIpc) is 2.50. The number of hydrogen-bond donors (Lipinski definition) is 1. The summed E-state index contributed by atoms with van der Waals surface area (Å²) in [4.78, 5) is 0. The Kier molecular flexibility index (Phi) is 3.85. The van der Waals surface area contributed by atoms with Crippen LogP contribution in [0.5, 0.6) is 0 Å². The van der Waals surface area contributed by atoms with Crippen LogP contribution in [0.2, 0.25) is 0 Å². The van der Waals surface area contributed by atoms with Gasteiger partial charge in [0.2, 0.25) is 11.8 Å². The Labute approximate surface area is 91.5 Å². The molecule has 15 heavy (non-hydrogen) atoms. The zero-order chi connectivity index (χ0) is 11.5. The van der Waals surface area contributed by atoms with Crippen LogP contribution < -0.4 is 5.32 Å². The van der Waals surface area contributed by atoms with E-state index in [9.17, 15) is 0 Å². The van der Waals surface area contributed by atoms with Crippen LogP contribution in [0.15, 0.2) is 4.42 Å². The van der Waals surface area contributed by atoms with E-state index in [0.717, 1.165) is 24.7 Å². The van der Waals surface area contributed by atoms with Gasteiger partial charge in [0.25, 0.3) is 0 Å². The number of aromatic nitrogens is 2. The highest BCUT2D eigenvalue weighted by Gasteiger charge is 2.11. The first-order valence-corrected chi connectivity index (χ1v) is 5.46. The molecule has 0 aliphatic rings. The second-order valence-electron chi connectivity index (χ2n) is 5.12. The Morgan fingerprint density at radius 3 is 2.40 bits per heavy atom. The van der Waals surface area contributed by atoms with Crippen molar-refractivity contribution in [1.29, 1.82) is 0 Å². The number of nitrogens with zero attached hydrogens (tertiary/aromatic N) is 2. The van der Waals surface area contributed by atoms with E-state index in [-0.39, 0.29) is 5.54 Å². The molecule has 4 nitrogen and oxygen atoms in total. The monoisotopic (exact) mass is 211 g/mol. The SMILES string of the molecule is CC(C)c1nnc(CCNC(C)(C)C)o1. The molecule has 0 aliphatic carbocycles. The molecule has 86 valence electrons. The molecule has 1 aromatic heterocycles. The summed E-state index contributed by atoms with van der Waals surface area (Å²) in [7, 11) is 0. The van der Waals surface area contributed by atoms with Gasteiger partial charge in [-0.1, -0.05) is 13.8 Å². The second-order valence-corrected chi connectivity index (χ2v) is 5.12. The minimum Gasteiger partial charge on any atom is -0.425 e. The molecule has 0 fully saturated rings. The van der Waals surface area contributed by atoms with Crippen LogP contribution in [0.25, 0.3) is 0 Å². The van der Waals surface area contributed by atoms with Gasteiger partial charge in [-0.2, -0.15) is 0 Å². The lowest BCUT2D eigenvalue weighted by atomic mass is 10.1. The van der Waals surface area contributed by atoms with Gasteiger partial charge in [0.15, 0.2) is 0 Å². The minimum absolute atomic E-state index is 0.140. The fraction of sp³-hybridized carbons (Fsp3) is 0.818. The van der Waals surface area contributed by atoms with Gasteiger partial charge >= 0.3 is 0 Å². The van der Waals surface area contributed by atoms with Gasteiger partial charge in [-0.05, 0) is 20.8 Å². The zero-order valence-electron chi connectivity index (χ0n) is 10.3. The quantitative estimate of drug-likeness (QED) is 0.828. The molecule has 1 heterocycles. The van der Waals surface area contributed by atoms with Gasteiger partial charge in [-0.15, -0.1) is 10.2 Å². The Morgan fingerprint density at radius 2 is 1.93 bits per heavy atom. The molecule has 0 bridgehead atoms. The summed E-state index contributed by atoms with van der Waals surface area (Å²) in [6.07, 6.45) is 0.789. The first kappa shape index (κ1) is 12.2. The topological polar surface area (TPSA) is 51.0 Å². The maximum atomic E-state index is 5.50. The van der Waals surface area contributed by atoms with E-state index < -0.39 is 0 Å². The van der Waals surface area contributed by atoms with E-state index in [2.05, 4.69) is 36.3 Å². The Morgan fingerprint density at radius 1 is 1.27 bits per heavy atom. The van der Waals surface area contributed by atoms with Crippen LogP contribution in [-0.4, -0.2) is 22.3 Å². The molecule has 1 N–H and O–H groups in total. The van der Waals surface area contributed by atoms with E-state index >= 15 is 0 Å². The third kappa shape index (κ3) is 4.42. The van der Waals surface area contributed by atoms with Crippen LogP contribution >= 0.6 is 0 Å². The average molecular weight is 211 g/mol. The number of nitrogens with one attached hydrogen (secondary N) is 1. The van der Waals surface area contributed by atoms with Crippen molar-refractivity contribution in [3.63, 3.8) is 0 Å². The molecule has 0 saturated heterocycles. The van der Waals surface area contributed by atoms with E-state index in [1.807, 2.05) is 13.8 Å². The largest absolute Gasteiger partial charge is 0.425 e. The molecule has 0 atom stereocenters. The molecule has 0 amide bonds. The van der Waals surface area contributed by atoms with Crippen molar-refractivity contribution in [3.8, 4) is 0 Å². The van der Waals surface area contributed by atoms with Crippen molar-refractivity contribution in [1.82, 2.24) is 15.5 Å². The molecule has 0 unspecified atom stereocenters. The molecule has 1 rings (SSSR count). The van der Waals surface area contributed by atoms with Crippen LogP contribution in [0, 0.1) is 0 Å². The fourth-order valence-electron chi connectivity index (χ4n) is 1.15. The van der Waals surface area contributed by atoms with Crippen LogP contribution in [-0.2, 0) is 6.42 Å². The summed E-state index contributed by atoms with van der Waals surface area (Å²) in [5, 5.41) is 11.4. The van der Waals surface area contributed by atoms with Gasteiger partial charge in [0, 0.05) is 24.4 Å². The molecule has 4 heteroatoms. The lowest BCUT2D eigenvalue weighted by molar-refractivity contribution is 0.395. The van der Waals surface area contributed by atoms with Gasteiger partial charge in [-0.3, -0.25) is 0 Å². The minimum atomic E-state index is 0.140. The molecule has 0 radical (unpaired) electrons. The highest BCUT2D eigenvalue weighted by molar-refractivity contribution is 4.88. The van der Waals surface area contributed by atoms with E-state index in [4.69, 9.17) is 4.42 Å². The lowest BCUT2D eigenvalue weighted by Gasteiger charge is -2.19. The standard InChI is InChI=1S/C11H21N3O/c1-8(2)10-14-13-9(15-10)6-7-12-11(3,4)5/h8,12H,6-7H2,1-5H3. The second kappa shape index (κ2) is 4.75. The predicted molar refractivity (Wildman–Crippen MR) is 59.8 cm³/mol. The van der Waals surface area contributed by atoms with Crippen molar-refractivity contribution < 1.29 is 4.42 Å². The summed E-state index contributed by atoms with van der Waals surface area (Å²) in [5.41, 5.74) is 0.140. The molecule has 0 spiro atoms. The summed E-state index contributed by atoms with van der Waals surface area (Å²) in [5.74, 6) is 1.75. The molecule has 0 saturated carbocycles. The normalized spacial score (nSPS) is 12.4. The van der Waals surface area contributed by atoms with Gasteiger partial charge < -0.3 is 9.73 Å². The lowest BCUT2D eigenvalue weighted by Crippen LogP contribution is -2.37. The molecule has 1 aromatic rings. The summed E-state index contributed by atoms with van der Waals surface area (Å²) in [6.45, 7) is 11.4. The molecule has 0 aromatic carbocycles. The Hall–Kier alpha value is -0.900. The van der Waals surface area contributed by atoms with Crippen molar-refractivity contribution in [3.05, 3.63) is 11.8 Å². The first-order valence-electron chi connectivity index (χ1n) is 5.46. The van der Waals surface area contributed by atoms with Crippen LogP contribution in [0.1, 0.15) is 52.3 Å². The zero-order valence-corrected chi connectivity index (χ0v) is 10.3. The maximum Gasteiger partial charge on any atom is 0.219 e. The molecular weight excluding hydrogens is 190 g/mol.